The van der Waals surface area contributed by atoms with Crippen LogP contribution in [0.2, 0.25) is 0 Å². The molecule has 0 spiro atoms. The lowest BCUT2D eigenvalue weighted by Crippen LogP contribution is -2.30. The van der Waals surface area contributed by atoms with Gasteiger partial charge < -0.3 is 15.5 Å². The average molecular weight is 530 g/mol. The van der Waals surface area contributed by atoms with Gasteiger partial charge in [-0.3, -0.25) is 14.8 Å². The van der Waals surface area contributed by atoms with Crippen LogP contribution in [0.15, 0.2) is 53.4 Å². The minimum Gasteiger partial charge on any atom is -0.379 e. The van der Waals surface area contributed by atoms with Crippen LogP contribution in [0.25, 0.3) is 0 Å². The van der Waals surface area contributed by atoms with E-state index >= 15 is 0 Å². The van der Waals surface area contributed by atoms with E-state index in [1.54, 1.807) is 19.9 Å². The maximum Gasteiger partial charge on any atom is 0.257 e. The van der Waals surface area contributed by atoms with Gasteiger partial charge in [-0.25, -0.2) is 4.39 Å². The molecule has 0 aliphatic rings. The number of aliphatic imine (C=N–C) groups is 1. The number of nitrogens with zero attached hydrogens (tertiary/aromatic N) is 3. The molecule has 3 atom stereocenters. The molecule has 0 radical (unpaired) electrons. The summed E-state index contributed by atoms with van der Waals surface area (Å²) in [6.45, 7) is 19.0. The van der Waals surface area contributed by atoms with Crippen molar-refractivity contribution in [1.29, 1.82) is 0 Å². The second kappa shape index (κ2) is 16.7. The van der Waals surface area contributed by atoms with Crippen molar-refractivity contribution in [2.24, 2.45) is 10.9 Å². The molecule has 214 valence electrons. The fraction of sp³-hybridized carbons (Fsp3) is 0.516. The van der Waals surface area contributed by atoms with Crippen LogP contribution >= 0.6 is 0 Å². The first kappa shape index (κ1) is 33.0. The molecule has 2 rings (SSSR count). The lowest BCUT2D eigenvalue weighted by atomic mass is 10.1. The summed E-state index contributed by atoms with van der Waals surface area (Å²) in [5, 5.41) is 6.49. The Kier molecular flexibility index (Phi) is 14.5. The number of amides is 1. The molecular formula is C31H52FN5O. The predicted molar refractivity (Wildman–Crippen MR) is 164 cm³/mol. The summed E-state index contributed by atoms with van der Waals surface area (Å²) < 4.78 is 14.0. The van der Waals surface area contributed by atoms with E-state index in [2.05, 4.69) is 61.3 Å². The molecule has 1 aromatic carbocycles. The molecule has 0 saturated heterocycles. The van der Waals surface area contributed by atoms with Crippen molar-refractivity contribution in [2.45, 2.75) is 87.0 Å². The van der Waals surface area contributed by atoms with Crippen LogP contribution in [0.5, 0.6) is 0 Å². The first-order valence-corrected chi connectivity index (χ1v) is 13.8. The van der Waals surface area contributed by atoms with Gasteiger partial charge in [0.05, 0.1) is 17.0 Å². The van der Waals surface area contributed by atoms with Gasteiger partial charge >= 0.3 is 0 Å². The number of carbonyl (C=O) groups is 1. The lowest BCUT2D eigenvalue weighted by Gasteiger charge is -2.19. The second-order valence-corrected chi connectivity index (χ2v) is 9.62. The Labute approximate surface area is 232 Å². The zero-order valence-electron chi connectivity index (χ0n) is 25.0. The van der Waals surface area contributed by atoms with Crippen LogP contribution in [-0.2, 0) is 0 Å². The molecule has 7 heteroatoms. The van der Waals surface area contributed by atoms with Gasteiger partial charge in [-0.1, -0.05) is 46.8 Å². The third kappa shape index (κ3) is 10.4. The zero-order valence-corrected chi connectivity index (χ0v) is 25.0. The Balaban J connectivity index is 0. The van der Waals surface area contributed by atoms with Crippen molar-refractivity contribution in [3.8, 4) is 0 Å². The predicted octanol–water partition coefficient (Wildman–Crippen LogP) is 8.14. The molecule has 2 N–H and O–H groups in total. The highest BCUT2D eigenvalue weighted by Crippen LogP contribution is 2.23. The van der Waals surface area contributed by atoms with E-state index in [1.165, 1.54) is 6.20 Å². The number of benzene rings is 1. The summed E-state index contributed by atoms with van der Waals surface area (Å²) in [6.07, 6.45) is 4.71. The number of carbonyl (C=O) groups excluding carboxylic acids is 1. The average Bonchev–Trinajstić information content (AvgIpc) is 2.91. The van der Waals surface area contributed by atoms with E-state index < -0.39 is 6.17 Å². The number of alkyl halides is 1. The number of nitrogens with one attached hydrogen (secondary N) is 2. The van der Waals surface area contributed by atoms with E-state index in [9.17, 15) is 9.18 Å². The van der Waals surface area contributed by atoms with Crippen LogP contribution in [0.1, 0.15) is 104 Å². The Bertz CT molecular complexity index is 1080. The van der Waals surface area contributed by atoms with E-state index in [-0.39, 0.29) is 20.8 Å². The van der Waals surface area contributed by atoms with Gasteiger partial charge in [-0.2, -0.15) is 0 Å². The molecule has 0 bridgehead atoms. The molecule has 0 aliphatic carbocycles. The zero-order chi connectivity index (χ0) is 28.8. The molecular weight excluding hydrogens is 477 g/mol. The number of anilines is 1. The fourth-order valence-corrected chi connectivity index (χ4v) is 3.70. The van der Waals surface area contributed by atoms with Gasteiger partial charge in [0, 0.05) is 52.8 Å². The number of rotatable bonds is 12. The minimum atomic E-state index is -1.12. The summed E-state index contributed by atoms with van der Waals surface area (Å²) in [5.74, 6) is 0.0628. The van der Waals surface area contributed by atoms with Crippen molar-refractivity contribution in [3.05, 3.63) is 70.8 Å². The van der Waals surface area contributed by atoms with E-state index in [0.29, 0.717) is 34.8 Å². The molecule has 0 fully saturated rings. The SMILES string of the molecule is CC.CCC(F)c1ncc(C(=O)Nc2cccc([C@H](C)NC(C)C=N/C(=C/N(C)CC)C(C)C)c2)cc1C.[HH].[HH]. The molecule has 1 aromatic heterocycles. The number of hydrogen-bond donors (Lipinski definition) is 2. The van der Waals surface area contributed by atoms with E-state index in [0.717, 1.165) is 17.8 Å². The lowest BCUT2D eigenvalue weighted by molar-refractivity contribution is 0.102. The standard InChI is InChI=1S/C29H42FN5O.C2H6.2H2/c1-9-26(30)28-20(5)14-24(17-32-28)29(36)34-25-13-11-12-23(15-25)22(7)33-21(6)16-31-27(19(3)4)18-35(8)10-2;1-2;;/h11-19,21-22,26,33H,9-10H2,1-8H3,(H,34,36);1-2H3;2*1H/b27-18+,31-16?;;;/t21?,22-,26?;;;/m0.../s1. The number of halogens is 1. The molecule has 1 amide bonds. The third-order valence-corrected chi connectivity index (χ3v) is 6.08. The fourth-order valence-electron chi connectivity index (χ4n) is 3.70. The third-order valence-electron chi connectivity index (χ3n) is 6.08. The van der Waals surface area contributed by atoms with E-state index in [4.69, 9.17) is 4.99 Å². The first-order valence-electron chi connectivity index (χ1n) is 13.8. The number of aryl methyl sites for hydroxylation is 1. The van der Waals surface area contributed by atoms with E-state index in [1.807, 2.05) is 51.4 Å². The molecule has 38 heavy (non-hydrogen) atoms. The smallest absolute Gasteiger partial charge is 0.257 e. The topological polar surface area (TPSA) is 69.6 Å². The summed E-state index contributed by atoms with van der Waals surface area (Å²) in [7, 11) is 2.05. The second-order valence-electron chi connectivity index (χ2n) is 9.62. The highest BCUT2D eigenvalue weighted by molar-refractivity contribution is 6.04. The van der Waals surface area contributed by atoms with Gasteiger partial charge in [0.2, 0.25) is 0 Å². The summed E-state index contributed by atoms with van der Waals surface area (Å²) in [5.41, 5.74) is 4.26. The maximum absolute atomic E-state index is 14.0. The molecule has 1 heterocycles. The van der Waals surface area contributed by atoms with Gasteiger partial charge in [0.25, 0.3) is 5.91 Å². The van der Waals surface area contributed by atoms with Crippen molar-refractivity contribution in [2.75, 3.05) is 18.9 Å². The summed E-state index contributed by atoms with van der Waals surface area (Å²) in [4.78, 5) is 23.8. The van der Waals surface area contributed by atoms with Crippen LogP contribution < -0.4 is 10.6 Å². The van der Waals surface area contributed by atoms with Crippen LogP contribution in [0, 0.1) is 12.8 Å². The molecule has 0 saturated carbocycles. The number of aromatic nitrogens is 1. The van der Waals surface area contributed by atoms with Crippen molar-refractivity contribution >= 4 is 17.8 Å². The maximum atomic E-state index is 14.0. The summed E-state index contributed by atoms with van der Waals surface area (Å²) in [6, 6.07) is 9.55. The largest absolute Gasteiger partial charge is 0.379 e. The van der Waals surface area contributed by atoms with Crippen molar-refractivity contribution in [1.82, 2.24) is 15.2 Å². The molecule has 6 nitrogen and oxygen atoms in total. The Morgan fingerprint density at radius 3 is 2.45 bits per heavy atom. The summed E-state index contributed by atoms with van der Waals surface area (Å²) >= 11 is 0. The van der Waals surface area contributed by atoms with Crippen molar-refractivity contribution in [3.63, 3.8) is 0 Å². The van der Waals surface area contributed by atoms with Crippen LogP contribution in [-0.4, -0.2) is 41.6 Å². The highest BCUT2D eigenvalue weighted by atomic mass is 19.1. The number of hydrogen-bond acceptors (Lipinski definition) is 5. The number of pyridine rings is 1. The Morgan fingerprint density at radius 1 is 1.18 bits per heavy atom. The molecule has 2 unspecified atom stereocenters. The monoisotopic (exact) mass is 529 g/mol. The number of allylic oxidation sites excluding steroid dienone is 1. The van der Waals surface area contributed by atoms with Gasteiger partial charge in [-0.05, 0) is 69.4 Å². The molecule has 0 aliphatic heterocycles. The van der Waals surface area contributed by atoms with Crippen molar-refractivity contribution < 1.29 is 12.0 Å². The van der Waals surface area contributed by atoms with Crippen LogP contribution in [0.4, 0.5) is 10.1 Å². The quantitative estimate of drug-likeness (QED) is 0.272. The normalized spacial score (nSPS) is 14.1. The Hall–Kier alpha value is -3.06. The minimum absolute atomic E-state index is 0. The molecule has 2 aromatic rings. The van der Waals surface area contributed by atoms with Gasteiger partial charge in [0.15, 0.2) is 0 Å². The Morgan fingerprint density at radius 2 is 1.87 bits per heavy atom. The highest BCUT2D eigenvalue weighted by Gasteiger charge is 2.16. The first-order chi connectivity index (χ1) is 18.0. The van der Waals surface area contributed by atoms with Gasteiger partial charge in [-0.15, -0.1) is 0 Å². The van der Waals surface area contributed by atoms with Crippen LogP contribution in [0.3, 0.4) is 0 Å². The van der Waals surface area contributed by atoms with Gasteiger partial charge in [0.1, 0.15) is 6.17 Å².